The lowest BCUT2D eigenvalue weighted by molar-refractivity contribution is -0.121. The van der Waals surface area contributed by atoms with E-state index >= 15 is 0 Å². The molecule has 0 spiro atoms. The van der Waals surface area contributed by atoms with Crippen molar-refractivity contribution < 1.29 is 4.79 Å². The van der Waals surface area contributed by atoms with Crippen molar-refractivity contribution in [2.75, 3.05) is 6.26 Å². The Labute approximate surface area is 137 Å². The highest BCUT2D eigenvalue weighted by Crippen LogP contribution is 2.13. The molecule has 23 heavy (non-hydrogen) atoms. The number of nitrogens with zero attached hydrogens (tertiary/aromatic N) is 4. The number of nitrogens with one attached hydrogen (secondary N) is 1. The van der Waals surface area contributed by atoms with Gasteiger partial charge in [-0.3, -0.25) is 4.79 Å². The van der Waals surface area contributed by atoms with E-state index in [1.54, 1.807) is 22.7 Å². The molecule has 116 valence electrons. The second-order valence-electron chi connectivity index (χ2n) is 4.80. The number of aromatic nitrogens is 3. The number of carbonyl (C=O) groups excluding carboxylic acids is 1. The van der Waals surface area contributed by atoms with Crippen molar-refractivity contribution >= 4 is 34.9 Å². The minimum atomic E-state index is -0.252. The second kappa shape index (κ2) is 7.06. The van der Waals surface area contributed by atoms with Crippen LogP contribution in [0.1, 0.15) is 5.56 Å². The third-order valence-corrected chi connectivity index (χ3v) is 3.98. The highest BCUT2D eigenvalue weighted by atomic mass is 32.2. The Balaban J connectivity index is 1.59. The van der Waals surface area contributed by atoms with E-state index in [4.69, 9.17) is 0 Å². The molecule has 6 nitrogen and oxygen atoms in total. The number of rotatable bonds is 5. The molecule has 2 aromatic carbocycles. The highest BCUT2D eigenvalue weighted by Gasteiger charge is 2.07. The van der Waals surface area contributed by atoms with Gasteiger partial charge in [-0.15, -0.1) is 16.9 Å². The Kier molecular flexibility index (Phi) is 4.68. The smallest absolute Gasteiger partial charge is 0.261 e. The number of hydrogen-bond donors (Lipinski definition) is 1. The van der Waals surface area contributed by atoms with Crippen LogP contribution >= 0.6 is 11.8 Å². The quantitative estimate of drug-likeness (QED) is 0.444. The van der Waals surface area contributed by atoms with Crippen LogP contribution in [0.5, 0.6) is 0 Å². The summed E-state index contributed by atoms with van der Waals surface area (Å²) in [6, 6.07) is 15.4. The predicted molar refractivity (Wildman–Crippen MR) is 91.5 cm³/mol. The number of thioether (sulfide) groups is 1. The van der Waals surface area contributed by atoms with Gasteiger partial charge in [-0.1, -0.05) is 29.5 Å². The van der Waals surface area contributed by atoms with Crippen LogP contribution in [0.15, 0.2) is 58.5 Å². The Bertz CT molecular complexity index is 841. The molecule has 0 atom stereocenters. The average Bonchev–Trinajstić information content (AvgIpc) is 2.99. The first-order valence-electron chi connectivity index (χ1n) is 7.00. The van der Waals surface area contributed by atoms with Crippen LogP contribution in [0.2, 0.25) is 0 Å². The molecule has 1 amide bonds. The molecule has 0 aliphatic heterocycles. The van der Waals surface area contributed by atoms with Gasteiger partial charge in [0.2, 0.25) is 0 Å². The zero-order chi connectivity index (χ0) is 16.1. The van der Waals surface area contributed by atoms with Crippen LogP contribution in [-0.2, 0) is 11.3 Å². The van der Waals surface area contributed by atoms with Crippen LogP contribution in [0, 0.1) is 0 Å². The van der Waals surface area contributed by atoms with Crippen molar-refractivity contribution in [1.82, 2.24) is 20.4 Å². The number of hydrazone groups is 1. The lowest BCUT2D eigenvalue weighted by Gasteiger charge is -2.01. The van der Waals surface area contributed by atoms with Crippen molar-refractivity contribution in [3.8, 4) is 0 Å². The van der Waals surface area contributed by atoms with E-state index < -0.39 is 0 Å². The highest BCUT2D eigenvalue weighted by molar-refractivity contribution is 7.98. The Morgan fingerprint density at radius 2 is 2.04 bits per heavy atom. The van der Waals surface area contributed by atoms with Crippen molar-refractivity contribution in [1.29, 1.82) is 0 Å². The summed E-state index contributed by atoms with van der Waals surface area (Å²) in [5.74, 6) is -0.252. The predicted octanol–water partition coefficient (Wildman–Crippen LogP) is 2.30. The van der Waals surface area contributed by atoms with E-state index in [0.717, 1.165) is 16.6 Å². The summed E-state index contributed by atoms with van der Waals surface area (Å²) in [6.07, 6.45) is 3.64. The molecule has 3 rings (SSSR count). The summed E-state index contributed by atoms with van der Waals surface area (Å²) < 4.78 is 1.55. The van der Waals surface area contributed by atoms with Crippen LogP contribution in [-0.4, -0.2) is 33.4 Å². The molecule has 1 N–H and O–H groups in total. The molecule has 0 saturated heterocycles. The fourth-order valence-electron chi connectivity index (χ4n) is 2.07. The second-order valence-corrected chi connectivity index (χ2v) is 5.68. The molecule has 7 heteroatoms. The van der Waals surface area contributed by atoms with Gasteiger partial charge in [-0.25, -0.2) is 10.1 Å². The van der Waals surface area contributed by atoms with Crippen molar-refractivity contribution in [2.24, 2.45) is 5.10 Å². The van der Waals surface area contributed by atoms with Gasteiger partial charge in [-0.2, -0.15) is 5.10 Å². The third-order valence-electron chi connectivity index (χ3n) is 3.23. The molecule has 0 unspecified atom stereocenters. The maximum absolute atomic E-state index is 11.9. The molecule has 0 bridgehead atoms. The largest absolute Gasteiger partial charge is 0.271 e. The zero-order valence-corrected chi connectivity index (χ0v) is 13.3. The molecule has 0 radical (unpaired) electrons. The van der Waals surface area contributed by atoms with Gasteiger partial charge >= 0.3 is 0 Å². The fourth-order valence-corrected chi connectivity index (χ4v) is 2.48. The average molecular weight is 325 g/mol. The SMILES string of the molecule is CSc1ccc(C=NNC(=O)Cn2nnc3ccccc32)cc1. The number of fused-ring (bicyclic) bond motifs is 1. The maximum atomic E-state index is 11.9. The molecule has 0 saturated carbocycles. The summed E-state index contributed by atoms with van der Waals surface area (Å²) in [4.78, 5) is 13.1. The van der Waals surface area contributed by atoms with Gasteiger partial charge in [-0.05, 0) is 36.1 Å². The standard InChI is InChI=1S/C16H15N5OS/c1-23-13-8-6-12(7-9-13)10-17-19-16(22)11-21-15-5-3-2-4-14(15)18-20-21/h2-10H,11H2,1H3,(H,19,22). The molecular weight excluding hydrogens is 310 g/mol. The van der Waals surface area contributed by atoms with Gasteiger partial charge in [0, 0.05) is 4.90 Å². The van der Waals surface area contributed by atoms with E-state index in [1.165, 1.54) is 4.90 Å². The minimum Gasteiger partial charge on any atom is -0.271 e. The first-order valence-corrected chi connectivity index (χ1v) is 8.23. The number of hydrogen-bond acceptors (Lipinski definition) is 5. The Hall–Kier alpha value is -2.67. The van der Waals surface area contributed by atoms with E-state index in [1.807, 2.05) is 54.8 Å². The van der Waals surface area contributed by atoms with Gasteiger partial charge in [0.15, 0.2) is 0 Å². The maximum Gasteiger partial charge on any atom is 0.261 e. The third kappa shape index (κ3) is 3.75. The van der Waals surface area contributed by atoms with Crippen molar-refractivity contribution in [3.05, 3.63) is 54.1 Å². The molecular formula is C16H15N5OS. The van der Waals surface area contributed by atoms with E-state index in [0.29, 0.717) is 0 Å². The zero-order valence-electron chi connectivity index (χ0n) is 12.5. The van der Waals surface area contributed by atoms with Gasteiger partial charge in [0.25, 0.3) is 5.91 Å². The molecule has 1 heterocycles. The van der Waals surface area contributed by atoms with Crippen LogP contribution in [0.4, 0.5) is 0 Å². The van der Waals surface area contributed by atoms with Crippen molar-refractivity contribution in [3.63, 3.8) is 0 Å². The van der Waals surface area contributed by atoms with Gasteiger partial charge < -0.3 is 0 Å². The van der Waals surface area contributed by atoms with Crippen LogP contribution in [0.3, 0.4) is 0 Å². The lowest BCUT2D eigenvalue weighted by atomic mass is 10.2. The molecule has 0 fully saturated rings. The molecule has 0 aliphatic carbocycles. The summed E-state index contributed by atoms with van der Waals surface area (Å²) in [6.45, 7) is 0.0727. The van der Waals surface area contributed by atoms with E-state index in [2.05, 4.69) is 20.8 Å². The number of amides is 1. The monoisotopic (exact) mass is 325 g/mol. The van der Waals surface area contributed by atoms with Crippen molar-refractivity contribution in [2.45, 2.75) is 11.4 Å². The molecule has 0 aliphatic rings. The van der Waals surface area contributed by atoms with E-state index in [-0.39, 0.29) is 12.5 Å². The molecule has 1 aromatic heterocycles. The normalized spacial score (nSPS) is 11.2. The summed E-state index contributed by atoms with van der Waals surface area (Å²) >= 11 is 1.68. The van der Waals surface area contributed by atoms with Gasteiger partial charge in [0.05, 0.1) is 11.7 Å². The lowest BCUT2D eigenvalue weighted by Crippen LogP contribution is -2.23. The first-order chi connectivity index (χ1) is 11.3. The summed E-state index contributed by atoms with van der Waals surface area (Å²) in [5, 5.41) is 11.9. The number of carbonyl (C=O) groups is 1. The molecule has 3 aromatic rings. The fraction of sp³-hybridized carbons (Fsp3) is 0.125. The van der Waals surface area contributed by atoms with Crippen LogP contribution < -0.4 is 5.43 Å². The Morgan fingerprint density at radius 3 is 2.83 bits per heavy atom. The van der Waals surface area contributed by atoms with Gasteiger partial charge in [0.1, 0.15) is 12.1 Å². The number of benzene rings is 2. The Morgan fingerprint density at radius 1 is 1.26 bits per heavy atom. The summed E-state index contributed by atoms with van der Waals surface area (Å²) in [5.41, 5.74) is 5.01. The summed E-state index contributed by atoms with van der Waals surface area (Å²) in [7, 11) is 0. The minimum absolute atomic E-state index is 0.0727. The van der Waals surface area contributed by atoms with Crippen LogP contribution in [0.25, 0.3) is 11.0 Å². The topological polar surface area (TPSA) is 72.2 Å². The van der Waals surface area contributed by atoms with E-state index in [9.17, 15) is 4.79 Å². The first kappa shape index (κ1) is 15.2. The number of para-hydroxylation sites is 1.